The Morgan fingerprint density at radius 2 is 1.31 bits per heavy atom. The maximum atomic E-state index is 6.82. The van der Waals surface area contributed by atoms with E-state index >= 15 is 0 Å². The average Bonchev–Trinajstić information content (AvgIpc) is 2.95. The molecular weight excluding hydrogens is 336 g/mol. The molecule has 0 saturated heterocycles. The smallest absolute Gasteiger partial charge is 0.0453 e. The molecule has 1 heteroatoms. The lowest BCUT2D eigenvalue weighted by molar-refractivity contribution is 0.401. The van der Waals surface area contributed by atoms with Crippen LogP contribution in [0.1, 0.15) is 89.2 Å². The van der Waals surface area contributed by atoms with E-state index in [1.54, 1.807) is 0 Å². The molecule has 0 amide bonds. The van der Waals surface area contributed by atoms with E-state index in [9.17, 15) is 0 Å². The van der Waals surface area contributed by atoms with E-state index in [0.717, 1.165) is 5.02 Å². The third-order valence-corrected chi connectivity index (χ3v) is 6.45. The molecule has 0 heterocycles. The van der Waals surface area contributed by atoms with Crippen LogP contribution >= 0.6 is 11.6 Å². The molecule has 26 heavy (non-hydrogen) atoms. The van der Waals surface area contributed by atoms with Crippen LogP contribution in [0.5, 0.6) is 0 Å². The van der Waals surface area contributed by atoms with Crippen LogP contribution in [0, 0.1) is 0 Å². The Labute approximate surface area is 165 Å². The zero-order valence-corrected chi connectivity index (χ0v) is 17.2. The number of halogens is 1. The zero-order valence-electron chi connectivity index (χ0n) is 16.5. The fourth-order valence-electron chi connectivity index (χ4n) is 4.86. The summed E-state index contributed by atoms with van der Waals surface area (Å²) in [6.45, 7) is 4.58. The van der Waals surface area contributed by atoms with Gasteiger partial charge in [0.1, 0.15) is 0 Å². The van der Waals surface area contributed by atoms with Crippen molar-refractivity contribution in [2.45, 2.75) is 83.5 Å². The lowest BCUT2D eigenvalue weighted by atomic mass is 9.70. The SMILES string of the molecule is CCCCCCC1(CCCCCC)c2ccccc2-c2cccc(Cl)c21. The molecule has 140 valence electrons. The molecule has 0 atom stereocenters. The number of benzene rings is 2. The van der Waals surface area contributed by atoms with Crippen LogP contribution < -0.4 is 0 Å². The zero-order chi connectivity index (χ0) is 18.4. The van der Waals surface area contributed by atoms with Gasteiger partial charge in [-0.2, -0.15) is 0 Å². The van der Waals surface area contributed by atoms with Gasteiger partial charge in [0.2, 0.25) is 0 Å². The summed E-state index contributed by atoms with van der Waals surface area (Å²) in [7, 11) is 0. The topological polar surface area (TPSA) is 0 Å². The van der Waals surface area contributed by atoms with Crippen molar-refractivity contribution in [2.24, 2.45) is 0 Å². The van der Waals surface area contributed by atoms with Gasteiger partial charge in [0.25, 0.3) is 0 Å². The van der Waals surface area contributed by atoms with Crippen molar-refractivity contribution in [3.63, 3.8) is 0 Å². The van der Waals surface area contributed by atoms with Gasteiger partial charge in [-0.25, -0.2) is 0 Å². The average molecular weight is 369 g/mol. The van der Waals surface area contributed by atoms with Crippen LogP contribution in [-0.4, -0.2) is 0 Å². The largest absolute Gasteiger partial charge is 0.0840 e. The van der Waals surface area contributed by atoms with E-state index in [1.165, 1.54) is 86.5 Å². The minimum Gasteiger partial charge on any atom is -0.0840 e. The van der Waals surface area contributed by atoms with Gasteiger partial charge in [0.15, 0.2) is 0 Å². The van der Waals surface area contributed by atoms with Crippen molar-refractivity contribution in [1.29, 1.82) is 0 Å². The molecule has 0 fully saturated rings. The Morgan fingerprint density at radius 3 is 1.96 bits per heavy atom. The molecule has 1 aliphatic carbocycles. The highest BCUT2D eigenvalue weighted by atomic mass is 35.5. The van der Waals surface area contributed by atoms with Gasteiger partial charge >= 0.3 is 0 Å². The van der Waals surface area contributed by atoms with Crippen LogP contribution in [-0.2, 0) is 5.41 Å². The Morgan fingerprint density at radius 1 is 0.692 bits per heavy atom. The van der Waals surface area contributed by atoms with Crippen molar-refractivity contribution in [1.82, 2.24) is 0 Å². The molecule has 0 radical (unpaired) electrons. The first-order valence-electron chi connectivity index (χ1n) is 10.6. The minimum atomic E-state index is 0.117. The lowest BCUT2D eigenvalue weighted by Crippen LogP contribution is -2.26. The van der Waals surface area contributed by atoms with Gasteiger partial charge in [-0.1, -0.05) is 113 Å². The van der Waals surface area contributed by atoms with Crippen molar-refractivity contribution in [2.75, 3.05) is 0 Å². The summed E-state index contributed by atoms with van der Waals surface area (Å²) in [4.78, 5) is 0. The van der Waals surface area contributed by atoms with Crippen LogP contribution in [0.25, 0.3) is 11.1 Å². The summed E-state index contributed by atoms with van der Waals surface area (Å²) in [5, 5.41) is 0.963. The van der Waals surface area contributed by atoms with Crippen LogP contribution in [0.15, 0.2) is 42.5 Å². The molecule has 0 aromatic heterocycles. The monoisotopic (exact) mass is 368 g/mol. The van der Waals surface area contributed by atoms with Crippen LogP contribution in [0.4, 0.5) is 0 Å². The molecule has 0 N–H and O–H groups in total. The number of hydrogen-bond donors (Lipinski definition) is 0. The summed E-state index contributed by atoms with van der Waals surface area (Å²) >= 11 is 6.82. The normalized spacial score (nSPS) is 14.3. The molecule has 2 aromatic carbocycles. The van der Waals surface area contributed by atoms with Crippen molar-refractivity contribution in [3.8, 4) is 11.1 Å². The predicted octanol–water partition coefficient (Wildman–Crippen LogP) is 8.55. The molecular formula is C25H33Cl. The fraction of sp³-hybridized carbons (Fsp3) is 0.520. The Balaban J connectivity index is 2.00. The summed E-state index contributed by atoms with van der Waals surface area (Å²) < 4.78 is 0. The minimum absolute atomic E-state index is 0.117. The summed E-state index contributed by atoms with van der Waals surface area (Å²) in [5.41, 5.74) is 5.84. The number of unbranched alkanes of at least 4 members (excludes halogenated alkanes) is 6. The van der Waals surface area contributed by atoms with E-state index in [1.807, 2.05) is 0 Å². The van der Waals surface area contributed by atoms with E-state index < -0.39 is 0 Å². The van der Waals surface area contributed by atoms with Gasteiger partial charge < -0.3 is 0 Å². The molecule has 0 spiro atoms. The predicted molar refractivity (Wildman–Crippen MR) is 115 cm³/mol. The Kier molecular flexibility index (Phi) is 6.81. The van der Waals surface area contributed by atoms with Gasteiger partial charge in [-0.15, -0.1) is 0 Å². The van der Waals surface area contributed by atoms with E-state index in [-0.39, 0.29) is 5.41 Å². The lowest BCUT2D eigenvalue weighted by Gasteiger charge is -2.33. The first-order chi connectivity index (χ1) is 12.7. The van der Waals surface area contributed by atoms with Crippen molar-refractivity contribution in [3.05, 3.63) is 58.6 Å². The summed E-state index contributed by atoms with van der Waals surface area (Å²) in [6.07, 6.45) is 13.0. The first kappa shape index (κ1) is 19.5. The van der Waals surface area contributed by atoms with E-state index in [2.05, 4.69) is 56.3 Å². The first-order valence-corrected chi connectivity index (χ1v) is 11.0. The molecule has 2 aromatic rings. The maximum Gasteiger partial charge on any atom is 0.0453 e. The summed E-state index contributed by atoms with van der Waals surface area (Å²) in [5.74, 6) is 0. The molecule has 1 aliphatic rings. The molecule has 0 unspecified atom stereocenters. The summed E-state index contributed by atoms with van der Waals surface area (Å²) in [6, 6.07) is 15.5. The van der Waals surface area contributed by atoms with E-state index in [4.69, 9.17) is 11.6 Å². The van der Waals surface area contributed by atoms with Gasteiger partial charge in [-0.05, 0) is 41.2 Å². The highest BCUT2D eigenvalue weighted by Gasteiger charge is 2.43. The molecule has 3 rings (SSSR count). The molecule has 0 nitrogen and oxygen atoms in total. The second-order valence-electron chi connectivity index (χ2n) is 7.91. The van der Waals surface area contributed by atoms with Gasteiger partial charge in [0, 0.05) is 10.4 Å². The Bertz CT molecular complexity index is 704. The maximum absolute atomic E-state index is 6.82. The van der Waals surface area contributed by atoms with Gasteiger partial charge in [-0.3, -0.25) is 0 Å². The van der Waals surface area contributed by atoms with Crippen molar-refractivity contribution < 1.29 is 0 Å². The second kappa shape index (κ2) is 9.09. The number of hydrogen-bond acceptors (Lipinski definition) is 0. The molecule has 0 aliphatic heterocycles. The van der Waals surface area contributed by atoms with E-state index in [0.29, 0.717) is 0 Å². The molecule has 0 saturated carbocycles. The fourth-order valence-corrected chi connectivity index (χ4v) is 5.21. The third kappa shape index (κ3) is 3.72. The number of rotatable bonds is 10. The second-order valence-corrected chi connectivity index (χ2v) is 8.32. The van der Waals surface area contributed by atoms with Crippen LogP contribution in [0.2, 0.25) is 5.02 Å². The standard InChI is InChI=1S/C25H33Cl/c1-3-5-7-11-18-25(19-12-8-6-4-2)22-16-10-9-14-20(22)21-15-13-17-23(26)24(21)25/h9-10,13-17H,3-8,11-12,18-19H2,1-2H3. The number of fused-ring (bicyclic) bond motifs is 3. The third-order valence-electron chi connectivity index (χ3n) is 6.14. The van der Waals surface area contributed by atoms with Gasteiger partial charge in [0.05, 0.1) is 0 Å². The Hall–Kier alpha value is -1.27. The van der Waals surface area contributed by atoms with Crippen molar-refractivity contribution >= 4 is 11.6 Å². The molecule has 0 bridgehead atoms. The highest BCUT2D eigenvalue weighted by molar-refractivity contribution is 6.32. The highest BCUT2D eigenvalue weighted by Crippen LogP contribution is 2.56. The van der Waals surface area contributed by atoms with Crippen LogP contribution in [0.3, 0.4) is 0 Å². The quantitative estimate of drug-likeness (QED) is 0.368.